The van der Waals surface area contributed by atoms with Crippen molar-refractivity contribution in [2.24, 2.45) is 5.41 Å². The number of nitrogens with zero attached hydrogens (tertiary/aromatic N) is 3. The fraction of sp³-hybridized carbons (Fsp3) is 0.500. The summed E-state index contributed by atoms with van der Waals surface area (Å²) in [6, 6.07) is 1.44. The first kappa shape index (κ1) is 16.9. The molecule has 0 saturated heterocycles. The van der Waals surface area contributed by atoms with Gasteiger partial charge in [-0.05, 0) is 18.3 Å². The van der Waals surface area contributed by atoms with Gasteiger partial charge in [0.15, 0.2) is 11.1 Å². The lowest BCUT2D eigenvalue weighted by Gasteiger charge is -2.17. The number of carboxylic acid groups (broad SMARTS) is 1. The van der Waals surface area contributed by atoms with Gasteiger partial charge in [-0.1, -0.05) is 20.8 Å². The predicted octanol–water partition coefficient (Wildman–Crippen LogP) is 1.32. The number of hydrogen-bond donors (Lipinski definition) is 2. The molecule has 0 aliphatic heterocycles. The van der Waals surface area contributed by atoms with Crippen molar-refractivity contribution in [3.05, 3.63) is 33.5 Å². The second kappa shape index (κ2) is 6.36. The van der Waals surface area contributed by atoms with E-state index >= 15 is 0 Å². The first-order chi connectivity index (χ1) is 10.7. The van der Waals surface area contributed by atoms with Gasteiger partial charge >= 0.3 is 5.97 Å². The highest BCUT2D eigenvalue weighted by Crippen LogP contribution is 2.20. The van der Waals surface area contributed by atoms with Gasteiger partial charge in [0, 0.05) is 18.2 Å². The Morgan fingerprint density at radius 3 is 2.57 bits per heavy atom. The number of rotatable bonds is 5. The molecule has 0 aliphatic rings. The van der Waals surface area contributed by atoms with E-state index in [4.69, 9.17) is 5.11 Å². The third-order valence-corrected chi connectivity index (χ3v) is 3.58. The highest BCUT2D eigenvalue weighted by molar-refractivity contribution is 5.68. The lowest BCUT2D eigenvalue weighted by Crippen LogP contribution is -2.31. The van der Waals surface area contributed by atoms with Crippen molar-refractivity contribution >= 4 is 17.4 Å². The number of pyridine rings is 1. The highest BCUT2D eigenvalue weighted by Gasteiger charge is 2.15. The van der Waals surface area contributed by atoms with E-state index < -0.39 is 5.97 Å². The number of carboxylic acids is 1. The summed E-state index contributed by atoms with van der Waals surface area (Å²) in [6.07, 6.45) is 2.49. The maximum Gasteiger partial charge on any atom is 0.303 e. The molecule has 23 heavy (non-hydrogen) atoms. The lowest BCUT2D eigenvalue weighted by molar-refractivity contribution is -0.136. The van der Waals surface area contributed by atoms with E-state index in [-0.39, 0.29) is 40.3 Å². The monoisotopic (exact) mass is 319 g/mol. The number of hydrogen-bond acceptors (Lipinski definition) is 5. The summed E-state index contributed by atoms with van der Waals surface area (Å²) in [4.78, 5) is 27.0. The van der Waals surface area contributed by atoms with Crippen LogP contribution in [0.25, 0.3) is 11.4 Å². The molecule has 0 saturated carbocycles. The third-order valence-electron chi connectivity index (χ3n) is 3.58. The fourth-order valence-corrected chi connectivity index (χ4v) is 2.32. The molecule has 2 heterocycles. The first-order valence-corrected chi connectivity index (χ1v) is 7.48. The molecule has 2 aromatic heterocycles. The smallest absolute Gasteiger partial charge is 0.303 e. The minimum atomic E-state index is -1.04. The van der Waals surface area contributed by atoms with Crippen LogP contribution in [-0.2, 0) is 11.2 Å². The number of aliphatic carboxylic acids is 1. The number of aliphatic hydroxyl groups excluding tert-OH is 1. The Kier molecular flexibility index (Phi) is 4.68. The van der Waals surface area contributed by atoms with E-state index in [2.05, 4.69) is 30.9 Å². The van der Waals surface area contributed by atoms with Crippen molar-refractivity contribution in [3.8, 4) is 0 Å². The summed E-state index contributed by atoms with van der Waals surface area (Å²) >= 11 is 0. The quantitative estimate of drug-likeness (QED) is 0.861. The molecule has 0 aliphatic carbocycles. The van der Waals surface area contributed by atoms with Gasteiger partial charge in [-0.25, -0.2) is 9.50 Å². The molecule has 7 heteroatoms. The Hall–Kier alpha value is -2.44. The molecule has 124 valence electrons. The van der Waals surface area contributed by atoms with Crippen LogP contribution in [0.1, 0.15) is 45.7 Å². The summed E-state index contributed by atoms with van der Waals surface area (Å²) in [5, 5.41) is 23.0. The number of aromatic nitrogens is 3. The van der Waals surface area contributed by atoms with Crippen LogP contribution >= 0.6 is 0 Å². The molecule has 0 radical (unpaired) electrons. The minimum absolute atomic E-state index is 0.0308. The average molecular weight is 319 g/mol. The molecule has 7 nitrogen and oxygen atoms in total. The molecule has 0 fully saturated rings. The van der Waals surface area contributed by atoms with Crippen molar-refractivity contribution < 1.29 is 15.0 Å². The van der Waals surface area contributed by atoms with E-state index in [1.54, 1.807) is 4.52 Å². The molecule has 0 spiro atoms. The minimum Gasteiger partial charge on any atom is -0.511 e. The Labute approximate surface area is 133 Å². The normalized spacial score (nSPS) is 13.3. The summed E-state index contributed by atoms with van der Waals surface area (Å²) in [5.74, 6) is -1.30. The Morgan fingerprint density at radius 1 is 1.26 bits per heavy atom. The van der Waals surface area contributed by atoms with Gasteiger partial charge in [-0.2, -0.15) is 5.10 Å². The fourth-order valence-electron chi connectivity index (χ4n) is 2.32. The van der Waals surface area contributed by atoms with E-state index in [1.807, 2.05) is 0 Å². The van der Waals surface area contributed by atoms with Gasteiger partial charge in [0.25, 0.3) is 0 Å². The van der Waals surface area contributed by atoms with Crippen molar-refractivity contribution in [2.75, 3.05) is 0 Å². The maximum absolute atomic E-state index is 12.4. The van der Waals surface area contributed by atoms with Gasteiger partial charge in [-0.15, -0.1) is 0 Å². The Morgan fingerprint density at radius 2 is 1.96 bits per heavy atom. The number of aryl methyl sites for hydroxylation is 1. The van der Waals surface area contributed by atoms with Gasteiger partial charge in [-0.3, -0.25) is 9.59 Å². The van der Waals surface area contributed by atoms with E-state index in [0.717, 1.165) is 12.1 Å². The number of fused-ring (bicyclic) bond motifs is 1. The van der Waals surface area contributed by atoms with Crippen molar-refractivity contribution in [1.82, 2.24) is 14.6 Å². The van der Waals surface area contributed by atoms with E-state index in [0.29, 0.717) is 6.42 Å². The summed E-state index contributed by atoms with van der Waals surface area (Å²) < 4.78 is 1.54. The summed E-state index contributed by atoms with van der Waals surface area (Å²) in [6.45, 7) is 6.34. The van der Waals surface area contributed by atoms with Crippen LogP contribution in [0.2, 0.25) is 0 Å². The zero-order valence-electron chi connectivity index (χ0n) is 13.5. The molecule has 2 N–H and O–H groups in total. The largest absolute Gasteiger partial charge is 0.511 e. The van der Waals surface area contributed by atoms with Gasteiger partial charge in [0.1, 0.15) is 17.3 Å². The Bertz CT molecular complexity index is 833. The van der Waals surface area contributed by atoms with Crippen LogP contribution in [0, 0.1) is 5.41 Å². The van der Waals surface area contributed by atoms with Crippen molar-refractivity contribution in [3.63, 3.8) is 0 Å². The molecule has 2 rings (SSSR count). The molecule has 0 bridgehead atoms. The zero-order valence-corrected chi connectivity index (χ0v) is 13.5. The van der Waals surface area contributed by atoms with Gasteiger partial charge in [0.2, 0.25) is 0 Å². The molecule has 0 amide bonds. The lowest BCUT2D eigenvalue weighted by atomic mass is 9.90. The number of carbonyl (C=O) groups is 1. The predicted molar refractivity (Wildman–Crippen MR) is 85.2 cm³/mol. The zero-order chi connectivity index (χ0) is 17.2. The molecule has 0 atom stereocenters. The summed E-state index contributed by atoms with van der Waals surface area (Å²) in [5.41, 5.74) is 0.749. The van der Waals surface area contributed by atoms with Crippen LogP contribution in [0.15, 0.2) is 17.2 Å². The van der Waals surface area contributed by atoms with Crippen molar-refractivity contribution in [2.45, 2.75) is 46.5 Å². The SMILES string of the molecule is CC(C)(C)CCc1cc(=O)/c(=C(/O)CCC(=O)O)c2ncnn12. The van der Waals surface area contributed by atoms with E-state index in [9.17, 15) is 14.7 Å². The second-order valence-corrected chi connectivity index (χ2v) is 6.77. The molecule has 0 aromatic carbocycles. The van der Waals surface area contributed by atoms with Crippen LogP contribution < -0.4 is 10.6 Å². The van der Waals surface area contributed by atoms with Crippen LogP contribution in [-0.4, -0.2) is 30.8 Å². The summed E-state index contributed by atoms with van der Waals surface area (Å²) in [7, 11) is 0. The topological polar surface area (TPSA) is 105 Å². The van der Waals surface area contributed by atoms with Crippen LogP contribution in [0.3, 0.4) is 0 Å². The Balaban J connectivity index is 2.52. The highest BCUT2D eigenvalue weighted by atomic mass is 16.4. The number of aliphatic hydroxyl groups is 1. The maximum atomic E-state index is 12.4. The molecule has 2 aromatic rings. The van der Waals surface area contributed by atoms with E-state index in [1.165, 1.54) is 12.4 Å². The van der Waals surface area contributed by atoms with Gasteiger partial charge in [0.05, 0.1) is 6.42 Å². The standard InChI is InChI=1S/C16H21N3O4/c1-16(2,3)7-6-10-8-12(21)14(11(20)4-5-13(22)23)15-17-9-18-19(10)15/h8-9,20H,4-7H2,1-3H3,(H,22,23)/b14-11-. The molecular formula is C16H21N3O4. The second-order valence-electron chi connectivity index (χ2n) is 6.77. The van der Waals surface area contributed by atoms with Crippen molar-refractivity contribution in [1.29, 1.82) is 0 Å². The molecule has 0 unspecified atom stereocenters. The first-order valence-electron chi connectivity index (χ1n) is 7.48. The third kappa shape index (κ3) is 4.06. The van der Waals surface area contributed by atoms with Gasteiger partial charge < -0.3 is 10.2 Å². The molecular weight excluding hydrogens is 298 g/mol. The van der Waals surface area contributed by atoms with Crippen LogP contribution in [0.4, 0.5) is 0 Å². The van der Waals surface area contributed by atoms with Crippen LogP contribution in [0.5, 0.6) is 0 Å². The average Bonchev–Trinajstić information content (AvgIpc) is 2.90.